The van der Waals surface area contributed by atoms with E-state index in [0.29, 0.717) is 0 Å². The van der Waals surface area contributed by atoms with Gasteiger partial charge < -0.3 is 14.7 Å². The minimum absolute atomic E-state index is 0.0274. The number of fused-ring (bicyclic) bond motifs is 1. The summed E-state index contributed by atoms with van der Waals surface area (Å²) in [4.78, 5) is 3.86. The van der Waals surface area contributed by atoms with Crippen LogP contribution in [0.15, 0.2) is 58.2 Å². The highest BCUT2D eigenvalue weighted by atomic mass is 32.2. The van der Waals surface area contributed by atoms with Gasteiger partial charge in [0.1, 0.15) is 13.1 Å². The van der Waals surface area contributed by atoms with Crippen molar-refractivity contribution in [2.75, 3.05) is 58.5 Å². The van der Waals surface area contributed by atoms with Crippen LogP contribution in [0.4, 0.5) is 5.69 Å². The standard InChI is InChI=1S/C24H36N3S.C3H8/c1-18-16-27(6,7)17-19(23(18)28-15-14-25-4)12-13-22-24(2,3)20-10-8-9-11-21(20)26(22)5;1-3-2/h8-13,25H,14-17H2,1-7H3;3H2,1-2H3/q+1;/b19-12+,22-13+;. The Kier molecular flexibility index (Phi) is 9.05. The number of benzene rings is 1. The quantitative estimate of drug-likeness (QED) is 0.447. The molecule has 0 unspecified atom stereocenters. The molecule has 0 aliphatic carbocycles. The highest BCUT2D eigenvalue weighted by Crippen LogP contribution is 2.46. The van der Waals surface area contributed by atoms with Crippen LogP contribution in [0, 0.1) is 0 Å². The summed E-state index contributed by atoms with van der Waals surface area (Å²) in [6.07, 6.45) is 6.01. The van der Waals surface area contributed by atoms with E-state index in [-0.39, 0.29) is 5.41 Å². The van der Waals surface area contributed by atoms with Crippen LogP contribution >= 0.6 is 11.8 Å². The first-order valence-electron chi connectivity index (χ1n) is 11.6. The maximum Gasteiger partial charge on any atom is 0.105 e. The average Bonchev–Trinajstić information content (AvgIpc) is 2.88. The van der Waals surface area contributed by atoms with Crippen molar-refractivity contribution in [1.29, 1.82) is 0 Å². The summed E-state index contributed by atoms with van der Waals surface area (Å²) >= 11 is 2.01. The number of allylic oxidation sites excluding steroid dienone is 3. The lowest BCUT2D eigenvalue weighted by molar-refractivity contribution is -0.882. The van der Waals surface area contributed by atoms with Gasteiger partial charge in [0.05, 0.1) is 14.1 Å². The number of anilines is 1. The molecule has 0 radical (unpaired) electrons. The first-order valence-corrected chi connectivity index (χ1v) is 12.6. The zero-order chi connectivity index (χ0) is 23.2. The van der Waals surface area contributed by atoms with E-state index < -0.39 is 0 Å². The first kappa shape index (κ1) is 25.8. The summed E-state index contributed by atoms with van der Waals surface area (Å²) in [7, 11) is 8.89. The topological polar surface area (TPSA) is 15.3 Å². The largest absolute Gasteiger partial charge is 0.347 e. The van der Waals surface area contributed by atoms with Crippen molar-refractivity contribution < 1.29 is 4.48 Å². The van der Waals surface area contributed by atoms with Gasteiger partial charge in [-0.15, -0.1) is 11.8 Å². The Bertz CT molecular complexity index is 846. The van der Waals surface area contributed by atoms with Gasteiger partial charge in [-0.3, -0.25) is 0 Å². The van der Waals surface area contributed by atoms with Gasteiger partial charge in [-0.05, 0) is 37.3 Å². The van der Waals surface area contributed by atoms with Crippen LogP contribution in [0.2, 0.25) is 0 Å². The average molecular weight is 443 g/mol. The van der Waals surface area contributed by atoms with Crippen LogP contribution in [-0.4, -0.2) is 58.1 Å². The molecule has 0 bridgehead atoms. The fraction of sp³-hybridized carbons (Fsp3) is 0.556. The van der Waals surface area contributed by atoms with Crippen molar-refractivity contribution in [3.05, 3.63) is 63.7 Å². The second-order valence-electron chi connectivity index (χ2n) is 9.97. The Balaban J connectivity index is 0.00000107. The molecule has 0 saturated carbocycles. The van der Waals surface area contributed by atoms with Crippen LogP contribution < -0.4 is 10.2 Å². The molecule has 0 aromatic heterocycles. The summed E-state index contributed by atoms with van der Waals surface area (Å²) in [5, 5.41) is 3.27. The minimum Gasteiger partial charge on any atom is -0.347 e. The highest BCUT2D eigenvalue weighted by molar-refractivity contribution is 8.03. The molecule has 0 amide bonds. The molecule has 0 saturated heterocycles. The molecule has 1 aromatic rings. The number of thioether (sulfide) groups is 1. The Morgan fingerprint density at radius 1 is 1.13 bits per heavy atom. The zero-order valence-corrected chi connectivity index (χ0v) is 22.1. The van der Waals surface area contributed by atoms with Crippen molar-refractivity contribution in [1.82, 2.24) is 5.32 Å². The Hall–Kier alpha value is -1.49. The molecule has 3 nitrogen and oxygen atoms in total. The molecule has 0 fully saturated rings. The molecule has 2 aliphatic heterocycles. The molecule has 0 spiro atoms. The van der Waals surface area contributed by atoms with E-state index in [2.05, 4.69) is 102 Å². The van der Waals surface area contributed by atoms with E-state index in [9.17, 15) is 0 Å². The van der Waals surface area contributed by atoms with Gasteiger partial charge in [0.2, 0.25) is 0 Å². The van der Waals surface area contributed by atoms with Crippen molar-refractivity contribution in [2.24, 2.45) is 0 Å². The molecular weight excluding hydrogens is 398 g/mol. The third-order valence-corrected chi connectivity index (χ3v) is 7.23. The van der Waals surface area contributed by atoms with Gasteiger partial charge >= 0.3 is 0 Å². The predicted molar refractivity (Wildman–Crippen MR) is 141 cm³/mol. The van der Waals surface area contributed by atoms with E-state index in [0.717, 1.165) is 29.9 Å². The van der Waals surface area contributed by atoms with Gasteiger partial charge in [-0.25, -0.2) is 0 Å². The van der Waals surface area contributed by atoms with Crippen LogP contribution in [-0.2, 0) is 5.41 Å². The fourth-order valence-electron chi connectivity index (χ4n) is 4.66. The smallest absolute Gasteiger partial charge is 0.105 e. The van der Waals surface area contributed by atoms with E-state index in [1.165, 1.54) is 39.4 Å². The van der Waals surface area contributed by atoms with Gasteiger partial charge in [0.25, 0.3) is 0 Å². The van der Waals surface area contributed by atoms with Crippen molar-refractivity contribution >= 4 is 17.4 Å². The molecule has 4 heteroatoms. The predicted octanol–water partition coefficient (Wildman–Crippen LogP) is 5.96. The van der Waals surface area contributed by atoms with Crippen molar-refractivity contribution in [3.8, 4) is 0 Å². The second kappa shape index (κ2) is 10.9. The molecule has 172 valence electrons. The first-order chi connectivity index (χ1) is 14.6. The third kappa shape index (κ3) is 6.06. The highest BCUT2D eigenvalue weighted by Gasteiger charge is 2.38. The maximum absolute atomic E-state index is 3.27. The minimum atomic E-state index is 0.0274. The number of nitrogens with one attached hydrogen (secondary N) is 1. The molecule has 3 rings (SSSR count). The number of para-hydroxylation sites is 1. The zero-order valence-electron chi connectivity index (χ0n) is 21.3. The van der Waals surface area contributed by atoms with Crippen molar-refractivity contribution in [2.45, 2.75) is 46.5 Å². The normalized spacial score (nSPS) is 21.9. The van der Waals surface area contributed by atoms with Crippen LogP contribution in [0.3, 0.4) is 0 Å². The number of hydrogen-bond acceptors (Lipinski definition) is 3. The number of rotatable bonds is 5. The molecule has 0 atom stereocenters. The Morgan fingerprint density at radius 3 is 2.39 bits per heavy atom. The van der Waals surface area contributed by atoms with E-state index in [4.69, 9.17) is 0 Å². The number of quaternary nitrogens is 1. The van der Waals surface area contributed by atoms with Crippen LogP contribution in [0.25, 0.3) is 0 Å². The monoisotopic (exact) mass is 442 g/mol. The molecular formula is C27H44N3S+. The van der Waals surface area contributed by atoms with Gasteiger partial charge in [0.15, 0.2) is 0 Å². The van der Waals surface area contributed by atoms with Crippen LogP contribution in [0.1, 0.15) is 46.6 Å². The number of likely N-dealkylation sites (N-methyl/N-ethyl adjacent to an activating group) is 2. The summed E-state index contributed by atoms with van der Waals surface area (Å²) in [6, 6.07) is 8.79. The van der Waals surface area contributed by atoms with Gasteiger partial charge in [-0.1, -0.05) is 58.4 Å². The third-order valence-electron chi connectivity index (χ3n) is 5.92. The summed E-state index contributed by atoms with van der Waals surface area (Å²) in [5.41, 5.74) is 7.13. The molecule has 2 heterocycles. The Morgan fingerprint density at radius 2 is 1.77 bits per heavy atom. The fourth-order valence-corrected chi connectivity index (χ4v) is 5.80. The van der Waals surface area contributed by atoms with Crippen LogP contribution in [0.5, 0.6) is 0 Å². The van der Waals surface area contributed by atoms with E-state index >= 15 is 0 Å². The summed E-state index contributed by atoms with van der Waals surface area (Å²) in [6.45, 7) is 14.5. The molecule has 1 N–H and O–H groups in total. The van der Waals surface area contributed by atoms with Gasteiger partial charge in [-0.2, -0.15) is 0 Å². The molecule has 31 heavy (non-hydrogen) atoms. The maximum atomic E-state index is 3.27. The molecule has 1 aromatic carbocycles. The Labute approximate surface area is 195 Å². The van der Waals surface area contributed by atoms with Gasteiger partial charge in [0, 0.05) is 46.6 Å². The van der Waals surface area contributed by atoms with Crippen molar-refractivity contribution in [3.63, 3.8) is 0 Å². The van der Waals surface area contributed by atoms with E-state index in [1.54, 1.807) is 0 Å². The molecule has 2 aliphatic rings. The number of nitrogens with zero attached hydrogens (tertiary/aromatic N) is 2. The lowest BCUT2D eigenvalue weighted by Gasteiger charge is -2.36. The number of hydrogen-bond donors (Lipinski definition) is 1. The van der Waals surface area contributed by atoms with E-state index in [1.807, 2.05) is 18.8 Å². The summed E-state index contributed by atoms with van der Waals surface area (Å²) in [5.74, 6) is 1.11. The lowest BCUT2D eigenvalue weighted by atomic mass is 9.83. The second-order valence-corrected chi connectivity index (χ2v) is 11.1. The SMILES string of the molecule is CCC.CNCCSC1=C(C)C[N+](C)(C)C/C1=C\C=C1\N(C)c2ccccc2C1(C)C. The lowest BCUT2D eigenvalue weighted by Crippen LogP contribution is -2.45. The summed E-state index contributed by atoms with van der Waals surface area (Å²) < 4.78 is 1.02.